The summed E-state index contributed by atoms with van der Waals surface area (Å²) in [7, 11) is 0. The van der Waals surface area contributed by atoms with Crippen molar-refractivity contribution in [2.45, 2.75) is 0 Å². The quantitative estimate of drug-likeness (QED) is 0.477. The minimum absolute atomic E-state index is 0.145. The fourth-order valence-electron chi connectivity index (χ4n) is 1.76. The Balaban J connectivity index is 1.88. The van der Waals surface area contributed by atoms with Crippen LogP contribution in [0.1, 0.15) is 16.1 Å². The Bertz CT molecular complexity index is 719. The smallest absolute Gasteiger partial charge is 0.287 e. The summed E-state index contributed by atoms with van der Waals surface area (Å²) in [6.07, 6.45) is 1.41. The minimum atomic E-state index is -0.561. The van der Waals surface area contributed by atoms with Crippen molar-refractivity contribution in [3.8, 4) is 6.07 Å². The molecule has 8 heteroatoms. The summed E-state index contributed by atoms with van der Waals surface area (Å²) in [5.41, 5.74) is 0.500. The van der Waals surface area contributed by atoms with E-state index in [2.05, 4.69) is 10.6 Å². The lowest BCUT2D eigenvalue weighted by molar-refractivity contribution is -0.384. The van der Waals surface area contributed by atoms with Gasteiger partial charge in [0, 0.05) is 25.2 Å². The maximum Gasteiger partial charge on any atom is 0.287 e. The molecule has 1 aromatic heterocycles. The van der Waals surface area contributed by atoms with Crippen molar-refractivity contribution in [1.82, 2.24) is 5.32 Å². The van der Waals surface area contributed by atoms with Gasteiger partial charge in [-0.25, -0.2) is 0 Å². The predicted octanol–water partition coefficient (Wildman–Crippen LogP) is 1.90. The zero-order chi connectivity index (χ0) is 15.9. The van der Waals surface area contributed by atoms with Crippen LogP contribution in [-0.4, -0.2) is 23.9 Å². The summed E-state index contributed by atoms with van der Waals surface area (Å²) in [6.45, 7) is 0.667. The highest BCUT2D eigenvalue weighted by Crippen LogP contribution is 2.20. The number of anilines is 1. The number of furan rings is 1. The van der Waals surface area contributed by atoms with E-state index in [1.165, 1.54) is 24.5 Å². The van der Waals surface area contributed by atoms with Gasteiger partial charge in [0.1, 0.15) is 6.07 Å². The molecule has 0 aliphatic heterocycles. The SMILES string of the molecule is N#Cc1cc([N+](=O)[O-])ccc1NCCNC(=O)c1ccco1. The number of rotatable bonds is 6. The van der Waals surface area contributed by atoms with Gasteiger partial charge in [-0.3, -0.25) is 14.9 Å². The number of hydrogen-bond acceptors (Lipinski definition) is 6. The van der Waals surface area contributed by atoms with E-state index in [0.717, 1.165) is 0 Å². The highest BCUT2D eigenvalue weighted by Gasteiger charge is 2.11. The van der Waals surface area contributed by atoms with Crippen molar-refractivity contribution in [2.75, 3.05) is 18.4 Å². The molecule has 1 heterocycles. The third-order valence-electron chi connectivity index (χ3n) is 2.81. The molecule has 2 N–H and O–H groups in total. The van der Waals surface area contributed by atoms with Crippen LogP contribution < -0.4 is 10.6 Å². The fourth-order valence-corrected chi connectivity index (χ4v) is 1.76. The number of nitro groups is 1. The van der Waals surface area contributed by atoms with E-state index in [-0.39, 0.29) is 22.9 Å². The molecule has 0 saturated heterocycles. The van der Waals surface area contributed by atoms with Gasteiger partial charge >= 0.3 is 0 Å². The molecule has 0 aliphatic carbocycles. The van der Waals surface area contributed by atoms with Crippen LogP contribution in [0.4, 0.5) is 11.4 Å². The predicted molar refractivity (Wildman–Crippen MR) is 77.3 cm³/mol. The van der Waals surface area contributed by atoms with Gasteiger partial charge in [-0.2, -0.15) is 5.26 Å². The highest BCUT2D eigenvalue weighted by atomic mass is 16.6. The number of carbonyl (C=O) groups excluding carboxylic acids is 1. The molecule has 112 valence electrons. The maximum absolute atomic E-state index is 11.6. The Morgan fingerprint density at radius 1 is 1.36 bits per heavy atom. The standard InChI is InChI=1S/C14H12N4O4/c15-9-10-8-11(18(20)21)3-4-12(10)16-5-6-17-14(19)13-2-1-7-22-13/h1-4,7-8,16H,5-6H2,(H,17,19). The number of nitrogens with one attached hydrogen (secondary N) is 2. The summed E-state index contributed by atoms with van der Waals surface area (Å²) in [4.78, 5) is 21.7. The number of hydrogen-bond donors (Lipinski definition) is 2. The number of carbonyl (C=O) groups is 1. The van der Waals surface area contributed by atoms with Crippen molar-refractivity contribution in [3.05, 3.63) is 58.0 Å². The number of amides is 1. The molecule has 0 radical (unpaired) electrons. The summed E-state index contributed by atoms with van der Waals surface area (Å²) < 4.78 is 4.94. The lowest BCUT2D eigenvalue weighted by Crippen LogP contribution is -2.28. The van der Waals surface area contributed by atoms with E-state index in [1.807, 2.05) is 6.07 Å². The fraction of sp³-hybridized carbons (Fsp3) is 0.143. The van der Waals surface area contributed by atoms with E-state index < -0.39 is 4.92 Å². The van der Waals surface area contributed by atoms with Gasteiger partial charge in [0.15, 0.2) is 5.76 Å². The second-order valence-electron chi connectivity index (χ2n) is 4.26. The molecule has 0 aliphatic rings. The Morgan fingerprint density at radius 2 is 2.18 bits per heavy atom. The second-order valence-corrected chi connectivity index (χ2v) is 4.26. The van der Waals surface area contributed by atoms with Crippen LogP contribution in [0.5, 0.6) is 0 Å². The molecule has 2 rings (SSSR count). The third-order valence-corrected chi connectivity index (χ3v) is 2.81. The Morgan fingerprint density at radius 3 is 2.82 bits per heavy atom. The van der Waals surface area contributed by atoms with E-state index in [4.69, 9.17) is 9.68 Å². The summed E-state index contributed by atoms with van der Waals surface area (Å²) in [6, 6.07) is 9.03. The van der Waals surface area contributed by atoms with Crippen molar-refractivity contribution in [2.24, 2.45) is 0 Å². The summed E-state index contributed by atoms with van der Waals surface area (Å²) in [5.74, 6) is -0.121. The summed E-state index contributed by atoms with van der Waals surface area (Å²) in [5, 5.41) is 25.2. The lowest BCUT2D eigenvalue weighted by atomic mass is 10.1. The van der Waals surface area contributed by atoms with Crippen LogP contribution in [0.3, 0.4) is 0 Å². The second kappa shape index (κ2) is 6.90. The zero-order valence-corrected chi connectivity index (χ0v) is 11.4. The first kappa shape index (κ1) is 15.1. The van der Waals surface area contributed by atoms with Crippen LogP contribution in [0.15, 0.2) is 41.0 Å². The van der Waals surface area contributed by atoms with E-state index in [9.17, 15) is 14.9 Å². The van der Waals surface area contributed by atoms with Crippen LogP contribution in [0.2, 0.25) is 0 Å². The van der Waals surface area contributed by atoms with Gasteiger partial charge < -0.3 is 15.1 Å². The largest absolute Gasteiger partial charge is 0.459 e. The van der Waals surface area contributed by atoms with Crippen LogP contribution >= 0.6 is 0 Å². The van der Waals surface area contributed by atoms with Crippen LogP contribution in [0, 0.1) is 21.4 Å². The average molecular weight is 300 g/mol. The van der Waals surface area contributed by atoms with Crippen molar-refractivity contribution < 1.29 is 14.1 Å². The molecule has 2 aromatic rings. The first-order valence-electron chi connectivity index (χ1n) is 6.36. The molecule has 0 fully saturated rings. The maximum atomic E-state index is 11.6. The van der Waals surface area contributed by atoms with E-state index >= 15 is 0 Å². The number of benzene rings is 1. The van der Waals surface area contributed by atoms with Gasteiger partial charge in [0.2, 0.25) is 0 Å². The molecule has 0 atom stereocenters. The molecule has 1 amide bonds. The normalized spacial score (nSPS) is 9.77. The molecule has 0 spiro atoms. The molecule has 0 unspecified atom stereocenters. The van der Waals surface area contributed by atoms with Crippen molar-refractivity contribution in [3.63, 3.8) is 0 Å². The van der Waals surface area contributed by atoms with E-state index in [0.29, 0.717) is 18.8 Å². The number of nitro benzene ring substituents is 1. The molecule has 8 nitrogen and oxygen atoms in total. The first-order valence-corrected chi connectivity index (χ1v) is 6.36. The molecule has 0 saturated carbocycles. The van der Waals surface area contributed by atoms with Gasteiger partial charge in [0.25, 0.3) is 11.6 Å². The van der Waals surface area contributed by atoms with Crippen LogP contribution in [-0.2, 0) is 0 Å². The highest BCUT2D eigenvalue weighted by molar-refractivity contribution is 5.91. The third kappa shape index (κ3) is 3.61. The number of nitrogens with zero attached hydrogens (tertiary/aromatic N) is 2. The Labute approximate surface area is 125 Å². The molecule has 22 heavy (non-hydrogen) atoms. The number of nitriles is 1. The monoisotopic (exact) mass is 300 g/mol. The molecule has 1 aromatic carbocycles. The van der Waals surface area contributed by atoms with Gasteiger partial charge in [-0.1, -0.05) is 0 Å². The molecular formula is C14H12N4O4. The van der Waals surface area contributed by atoms with E-state index in [1.54, 1.807) is 12.1 Å². The zero-order valence-electron chi connectivity index (χ0n) is 11.4. The van der Waals surface area contributed by atoms with Crippen molar-refractivity contribution >= 4 is 17.3 Å². The Hall–Kier alpha value is -3.34. The molecule has 0 bridgehead atoms. The molecular weight excluding hydrogens is 288 g/mol. The number of non-ortho nitro benzene ring substituents is 1. The average Bonchev–Trinajstić information content (AvgIpc) is 3.05. The minimum Gasteiger partial charge on any atom is -0.459 e. The van der Waals surface area contributed by atoms with Gasteiger partial charge in [0.05, 0.1) is 22.4 Å². The van der Waals surface area contributed by atoms with Crippen molar-refractivity contribution in [1.29, 1.82) is 5.26 Å². The first-order chi connectivity index (χ1) is 10.6. The lowest BCUT2D eigenvalue weighted by Gasteiger charge is -2.08. The van der Waals surface area contributed by atoms with Crippen LogP contribution in [0.25, 0.3) is 0 Å². The van der Waals surface area contributed by atoms with Gasteiger partial charge in [-0.05, 0) is 18.2 Å². The topological polar surface area (TPSA) is 121 Å². The summed E-state index contributed by atoms with van der Waals surface area (Å²) >= 11 is 0. The Kier molecular flexibility index (Phi) is 4.72. The van der Waals surface area contributed by atoms with Gasteiger partial charge in [-0.15, -0.1) is 0 Å².